The number of aliphatic imine (C=N–C) groups is 1. The molecule has 1 saturated carbocycles. The van der Waals surface area contributed by atoms with Crippen LogP contribution in [0.5, 0.6) is 0 Å². The molecular formula is C20H35N5O. The first-order chi connectivity index (χ1) is 12.4. The van der Waals surface area contributed by atoms with Crippen LogP contribution < -0.4 is 10.6 Å². The van der Waals surface area contributed by atoms with E-state index in [0.29, 0.717) is 24.6 Å². The Kier molecular flexibility index (Phi) is 5.61. The zero-order valence-corrected chi connectivity index (χ0v) is 17.2. The van der Waals surface area contributed by atoms with Gasteiger partial charge in [-0.3, -0.25) is 4.68 Å². The Balaban J connectivity index is 1.76. The zero-order chi connectivity index (χ0) is 18.9. The molecule has 1 aliphatic carbocycles. The van der Waals surface area contributed by atoms with Crippen molar-refractivity contribution in [1.82, 2.24) is 20.4 Å². The fourth-order valence-corrected chi connectivity index (χ4v) is 4.82. The third-order valence-corrected chi connectivity index (χ3v) is 6.16. The SMILES string of the molecule is CCNC(=NCc1c(CC)nn(C)c1CC)NC1C2CCOC2C1(C)C. The van der Waals surface area contributed by atoms with Gasteiger partial charge < -0.3 is 15.4 Å². The van der Waals surface area contributed by atoms with Crippen LogP contribution in [0, 0.1) is 11.3 Å². The van der Waals surface area contributed by atoms with Crippen LogP contribution in [0.15, 0.2) is 4.99 Å². The first-order valence-electron chi connectivity index (χ1n) is 10.1. The van der Waals surface area contributed by atoms with E-state index >= 15 is 0 Å². The van der Waals surface area contributed by atoms with Crippen LogP contribution in [-0.4, -0.2) is 41.0 Å². The molecule has 2 heterocycles. The number of hydrogen-bond acceptors (Lipinski definition) is 3. The van der Waals surface area contributed by atoms with Gasteiger partial charge in [0.15, 0.2) is 5.96 Å². The third kappa shape index (κ3) is 3.24. The molecule has 146 valence electrons. The summed E-state index contributed by atoms with van der Waals surface area (Å²) in [5, 5.41) is 11.8. The lowest BCUT2D eigenvalue weighted by molar-refractivity contribution is -0.106. The average Bonchev–Trinajstić information content (AvgIpc) is 3.19. The number of rotatable bonds is 6. The number of fused-ring (bicyclic) bond motifs is 1. The van der Waals surface area contributed by atoms with Crippen LogP contribution in [0.1, 0.15) is 58.0 Å². The summed E-state index contributed by atoms with van der Waals surface area (Å²) >= 11 is 0. The van der Waals surface area contributed by atoms with E-state index in [1.54, 1.807) is 0 Å². The third-order valence-electron chi connectivity index (χ3n) is 6.16. The Labute approximate surface area is 157 Å². The summed E-state index contributed by atoms with van der Waals surface area (Å²) in [4.78, 5) is 4.92. The number of guanidine groups is 1. The Morgan fingerprint density at radius 3 is 2.73 bits per heavy atom. The molecule has 0 radical (unpaired) electrons. The van der Waals surface area contributed by atoms with Crippen molar-refractivity contribution in [3.63, 3.8) is 0 Å². The van der Waals surface area contributed by atoms with Gasteiger partial charge >= 0.3 is 0 Å². The van der Waals surface area contributed by atoms with Crippen LogP contribution in [0.4, 0.5) is 0 Å². The lowest BCUT2D eigenvalue weighted by Gasteiger charge is -2.54. The van der Waals surface area contributed by atoms with E-state index in [4.69, 9.17) is 9.73 Å². The Morgan fingerprint density at radius 2 is 2.08 bits per heavy atom. The van der Waals surface area contributed by atoms with E-state index in [9.17, 15) is 0 Å². The molecule has 1 aromatic rings. The molecule has 0 spiro atoms. The van der Waals surface area contributed by atoms with Crippen molar-refractivity contribution < 1.29 is 4.74 Å². The highest BCUT2D eigenvalue weighted by molar-refractivity contribution is 5.80. The van der Waals surface area contributed by atoms with Gasteiger partial charge in [0.05, 0.1) is 18.3 Å². The maximum atomic E-state index is 5.92. The van der Waals surface area contributed by atoms with Gasteiger partial charge in [-0.05, 0) is 26.2 Å². The minimum absolute atomic E-state index is 0.148. The lowest BCUT2D eigenvalue weighted by Crippen LogP contribution is -2.67. The van der Waals surface area contributed by atoms with Gasteiger partial charge in [-0.25, -0.2) is 4.99 Å². The van der Waals surface area contributed by atoms with Gasteiger partial charge in [0, 0.05) is 48.8 Å². The standard InChI is InChI=1S/C20H35N5O/c1-7-15-14(16(8-2)25(6)24-15)12-22-19(21-9-3)23-17-13-10-11-26-18(13)20(17,4)5/h13,17-18H,7-12H2,1-6H3,(H2,21,22,23). The van der Waals surface area contributed by atoms with Crippen LogP contribution >= 0.6 is 0 Å². The smallest absolute Gasteiger partial charge is 0.191 e. The molecule has 1 saturated heterocycles. The highest BCUT2D eigenvalue weighted by Crippen LogP contribution is 2.52. The van der Waals surface area contributed by atoms with Crippen LogP contribution in [0.2, 0.25) is 0 Å². The fraction of sp³-hybridized carbons (Fsp3) is 0.800. The predicted molar refractivity (Wildman–Crippen MR) is 105 cm³/mol. The largest absolute Gasteiger partial charge is 0.377 e. The van der Waals surface area contributed by atoms with E-state index in [-0.39, 0.29) is 5.41 Å². The highest BCUT2D eigenvalue weighted by atomic mass is 16.5. The van der Waals surface area contributed by atoms with Crippen molar-refractivity contribution in [2.45, 2.75) is 72.6 Å². The summed E-state index contributed by atoms with van der Waals surface area (Å²) in [7, 11) is 2.03. The Hall–Kier alpha value is -1.56. The molecule has 3 rings (SSSR count). The molecular weight excluding hydrogens is 326 g/mol. The number of hydrogen-bond donors (Lipinski definition) is 2. The molecule has 1 aliphatic heterocycles. The number of aromatic nitrogens is 2. The minimum Gasteiger partial charge on any atom is -0.377 e. The van der Waals surface area contributed by atoms with Crippen LogP contribution in [0.3, 0.4) is 0 Å². The van der Waals surface area contributed by atoms with Gasteiger partial charge in [-0.1, -0.05) is 27.7 Å². The fourth-order valence-electron chi connectivity index (χ4n) is 4.82. The summed E-state index contributed by atoms with van der Waals surface area (Å²) in [6.45, 7) is 13.5. The first-order valence-corrected chi connectivity index (χ1v) is 10.1. The summed E-state index contributed by atoms with van der Waals surface area (Å²) in [6.07, 6.45) is 3.46. The minimum atomic E-state index is 0.148. The average molecular weight is 362 g/mol. The summed E-state index contributed by atoms with van der Waals surface area (Å²) in [6, 6.07) is 0.415. The first kappa shape index (κ1) is 19.2. The summed E-state index contributed by atoms with van der Waals surface area (Å²) in [5.41, 5.74) is 3.88. The lowest BCUT2D eigenvalue weighted by atomic mass is 9.57. The Morgan fingerprint density at radius 1 is 1.31 bits per heavy atom. The molecule has 3 atom stereocenters. The molecule has 2 fully saturated rings. The Bertz CT molecular complexity index is 663. The second-order valence-electron chi connectivity index (χ2n) is 8.09. The molecule has 0 amide bonds. The van der Waals surface area contributed by atoms with Crippen molar-refractivity contribution >= 4 is 5.96 Å². The van der Waals surface area contributed by atoms with Gasteiger partial charge in [-0.2, -0.15) is 5.10 Å². The summed E-state index contributed by atoms with van der Waals surface area (Å²) in [5.74, 6) is 1.51. The van der Waals surface area contributed by atoms with Crippen molar-refractivity contribution in [2.24, 2.45) is 23.4 Å². The topological polar surface area (TPSA) is 63.5 Å². The van der Waals surface area contributed by atoms with Gasteiger partial charge in [-0.15, -0.1) is 0 Å². The van der Waals surface area contributed by atoms with Gasteiger partial charge in [0.2, 0.25) is 0 Å². The van der Waals surface area contributed by atoms with E-state index < -0.39 is 0 Å². The van der Waals surface area contributed by atoms with E-state index in [2.05, 4.69) is 50.4 Å². The highest BCUT2D eigenvalue weighted by Gasteiger charge is 2.59. The summed E-state index contributed by atoms with van der Waals surface area (Å²) < 4.78 is 7.93. The molecule has 1 aromatic heterocycles. The van der Waals surface area contributed by atoms with Crippen LogP contribution in [0.25, 0.3) is 0 Å². The second-order valence-corrected chi connectivity index (χ2v) is 8.09. The maximum Gasteiger partial charge on any atom is 0.191 e. The number of nitrogens with one attached hydrogen (secondary N) is 2. The predicted octanol–water partition coefficient (Wildman–Crippen LogP) is 2.41. The van der Waals surface area contributed by atoms with Crippen molar-refractivity contribution in [3.05, 3.63) is 17.0 Å². The van der Waals surface area contributed by atoms with E-state index in [1.807, 2.05) is 11.7 Å². The number of aryl methyl sites for hydroxylation is 2. The van der Waals surface area contributed by atoms with Gasteiger partial charge in [0.1, 0.15) is 0 Å². The van der Waals surface area contributed by atoms with E-state index in [1.165, 1.54) is 11.3 Å². The van der Waals surface area contributed by atoms with Crippen molar-refractivity contribution in [2.75, 3.05) is 13.2 Å². The number of ether oxygens (including phenoxy) is 1. The van der Waals surface area contributed by atoms with E-state index in [0.717, 1.165) is 44.1 Å². The monoisotopic (exact) mass is 361 g/mol. The molecule has 0 aromatic carbocycles. The molecule has 0 bridgehead atoms. The molecule has 2 aliphatic rings. The quantitative estimate of drug-likeness (QED) is 0.603. The zero-order valence-electron chi connectivity index (χ0n) is 17.2. The molecule has 6 heteroatoms. The normalized spacial score (nSPS) is 27.2. The maximum absolute atomic E-state index is 5.92. The molecule has 3 unspecified atom stereocenters. The van der Waals surface area contributed by atoms with Gasteiger partial charge in [0.25, 0.3) is 0 Å². The molecule has 26 heavy (non-hydrogen) atoms. The second kappa shape index (κ2) is 7.59. The molecule has 6 nitrogen and oxygen atoms in total. The molecule has 2 N–H and O–H groups in total. The number of nitrogens with zero attached hydrogens (tertiary/aromatic N) is 3. The van der Waals surface area contributed by atoms with Crippen molar-refractivity contribution in [1.29, 1.82) is 0 Å². The van der Waals surface area contributed by atoms with Crippen LogP contribution in [-0.2, 0) is 31.2 Å². The van der Waals surface area contributed by atoms with Crippen molar-refractivity contribution in [3.8, 4) is 0 Å².